The van der Waals surface area contributed by atoms with Gasteiger partial charge in [0.15, 0.2) is 5.78 Å². The molecule has 9 heteroatoms. The third-order valence-electron chi connectivity index (χ3n) is 11.0. The smallest absolute Gasteiger partial charge is 0.317 e. The lowest BCUT2D eigenvalue weighted by Crippen LogP contribution is -2.40. The molecular formula is C40H48N4O5. The summed E-state index contributed by atoms with van der Waals surface area (Å²) >= 11 is 0. The zero-order valence-corrected chi connectivity index (χ0v) is 29.9. The highest BCUT2D eigenvalue weighted by Crippen LogP contribution is 2.49. The molecule has 3 aliphatic rings. The van der Waals surface area contributed by atoms with Crippen LogP contribution in [0.5, 0.6) is 0 Å². The van der Waals surface area contributed by atoms with Gasteiger partial charge in [-0.3, -0.25) is 14.4 Å². The van der Waals surface area contributed by atoms with E-state index < -0.39 is 17.8 Å². The second-order valence-electron chi connectivity index (χ2n) is 14.0. The lowest BCUT2D eigenvalue weighted by Gasteiger charge is -2.29. The van der Waals surface area contributed by atoms with E-state index >= 15 is 0 Å². The fraction of sp³-hybridized carbons (Fsp3) is 0.425. The van der Waals surface area contributed by atoms with Gasteiger partial charge >= 0.3 is 11.9 Å². The van der Waals surface area contributed by atoms with Crippen LogP contribution >= 0.6 is 0 Å². The van der Waals surface area contributed by atoms with Crippen molar-refractivity contribution in [1.29, 1.82) is 0 Å². The van der Waals surface area contributed by atoms with Gasteiger partial charge in [-0.25, -0.2) is 0 Å². The Bertz CT molecular complexity index is 2050. The average molecular weight is 665 g/mol. The molecule has 5 heterocycles. The number of rotatable bonds is 8. The number of esters is 2. The van der Waals surface area contributed by atoms with Gasteiger partial charge < -0.3 is 29.7 Å². The van der Waals surface area contributed by atoms with Gasteiger partial charge in [-0.1, -0.05) is 32.1 Å². The van der Waals surface area contributed by atoms with E-state index in [9.17, 15) is 14.4 Å². The average Bonchev–Trinajstić information content (AvgIpc) is 3.80. The van der Waals surface area contributed by atoms with E-state index in [0.717, 1.165) is 73.4 Å². The number of hydrogen-bond acceptors (Lipinski definition) is 6. The number of methoxy groups -OCH3 is 1. The number of ketones is 1. The van der Waals surface area contributed by atoms with E-state index in [2.05, 4.69) is 72.8 Å². The van der Waals surface area contributed by atoms with Crippen molar-refractivity contribution < 1.29 is 23.9 Å². The molecule has 258 valence electrons. The summed E-state index contributed by atoms with van der Waals surface area (Å²) in [6.45, 7) is 18.7. The van der Waals surface area contributed by atoms with Gasteiger partial charge in [0.1, 0.15) is 12.5 Å². The molecule has 0 spiro atoms. The van der Waals surface area contributed by atoms with E-state index in [1.54, 1.807) is 0 Å². The summed E-state index contributed by atoms with van der Waals surface area (Å²) in [4.78, 5) is 51.5. The quantitative estimate of drug-likeness (QED) is 0.145. The molecule has 0 amide bonds. The van der Waals surface area contributed by atoms with Gasteiger partial charge in [0.2, 0.25) is 0 Å². The van der Waals surface area contributed by atoms with Crippen molar-refractivity contribution in [2.45, 2.75) is 79.7 Å². The van der Waals surface area contributed by atoms with Gasteiger partial charge in [0, 0.05) is 74.6 Å². The molecular weight excluding hydrogens is 616 g/mol. The second kappa shape index (κ2) is 13.3. The van der Waals surface area contributed by atoms with Gasteiger partial charge in [-0.05, 0) is 99.9 Å². The molecule has 1 saturated heterocycles. The topological polar surface area (TPSA) is 129 Å². The van der Waals surface area contributed by atoms with Crippen LogP contribution in [0, 0.1) is 38.5 Å². The molecule has 0 aromatic carbocycles. The fourth-order valence-corrected chi connectivity index (χ4v) is 8.21. The number of fused-ring (bicyclic) bond motifs is 8. The van der Waals surface area contributed by atoms with Gasteiger partial charge in [-0.15, -0.1) is 0 Å². The maximum Gasteiger partial charge on any atom is 0.317 e. The molecule has 9 nitrogen and oxygen atoms in total. The maximum atomic E-state index is 14.2. The third-order valence-corrected chi connectivity index (χ3v) is 11.0. The van der Waals surface area contributed by atoms with E-state index in [-0.39, 0.29) is 42.7 Å². The molecule has 0 unspecified atom stereocenters. The largest absolute Gasteiger partial charge is 0.468 e. The van der Waals surface area contributed by atoms with Crippen molar-refractivity contribution in [3.05, 3.63) is 90.8 Å². The van der Waals surface area contributed by atoms with Crippen molar-refractivity contribution in [1.82, 2.24) is 20.3 Å². The van der Waals surface area contributed by atoms with Crippen molar-refractivity contribution in [3.63, 3.8) is 0 Å². The molecule has 0 saturated carbocycles. The summed E-state index contributed by atoms with van der Waals surface area (Å²) < 4.78 is 10.8. The number of hydrogen-bond donors (Lipinski definition) is 4. The van der Waals surface area contributed by atoms with E-state index in [0.29, 0.717) is 12.0 Å². The van der Waals surface area contributed by atoms with Gasteiger partial charge in [-0.2, -0.15) is 0 Å². The van der Waals surface area contributed by atoms with Gasteiger partial charge in [0.25, 0.3) is 0 Å². The zero-order valence-electron chi connectivity index (χ0n) is 29.9. The van der Waals surface area contributed by atoms with Crippen LogP contribution in [0.25, 0.3) is 24.3 Å². The number of aromatic nitrogens is 3. The maximum absolute atomic E-state index is 14.2. The monoisotopic (exact) mass is 664 g/mol. The number of carbonyl (C=O) groups excluding carboxylic acids is 3. The molecule has 4 N–H and O–H groups in total. The van der Waals surface area contributed by atoms with Crippen LogP contribution in [-0.2, 0) is 25.5 Å². The van der Waals surface area contributed by atoms with Crippen LogP contribution in [0.4, 0.5) is 0 Å². The molecule has 1 fully saturated rings. The van der Waals surface area contributed by atoms with Crippen molar-refractivity contribution >= 4 is 42.0 Å². The Kier molecular flexibility index (Phi) is 9.22. The first-order chi connectivity index (χ1) is 23.4. The Morgan fingerprint density at radius 2 is 1.67 bits per heavy atom. The molecule has 5 atom stereocenters. The van der Waals surface area contributed by atoms with Crippen LogP contribution in [0.15, 0.2) is 23.9 Å². The molecule has 0 radical (unpaired) electrons. The number of carbonyl (C=O) groups is 3. The van der Waals surface area contributed by atoms with E-state index in [1.165, 1.54) is 12.7 Å². The number of allylic oxidation sites excluding steroid dienone is 2. The first-order valence-corrected chi connectivity index (χ1v) is 17.3. The summed E-state index contributed by atoms with van der Waals surface area (Å²) in [5, 5.41) is 5.75. The molecule has 1 aliphatic carbocycles. The third kappa shape index (κ3) is 5.83. The van der Waals surface area contributed by atoms with Crippen LogP contribution in [0.1, 0.15) is 107 Å². The SMILES string of the molecule is C=Cc1c2[nH]c(c1C)/C=C1/N[C@@H]([C@@H](CCC(=O)OCC=C(C)C)[C@@H]1C)[C@H]1c3[nH]c(c(C)c3C(=O)[C@@H]1C(=O)OC)/C=c1\[nH]/c(c(C)c1CC)=C\2. The first-order valence-electron chi connectivity index (χ1n) is 17.3. The van der Waals surface area contributed by atoms with Crippen LogP contribution < -0.4 is 16.0 Å². The Balaban J connectivity index is 1.57. The summed E-state index contributed by atoms with van der Waals surface area (Å²) in [5.74, 6) is -2.73. The summed E-state index contributed by atoms with van der Waals surface area (Å²) in [7, 11) is 1.33. The minimum atomic E-state index is -1.01. The predicted molar refractivity (Wildman–Crippen MR) is 192 cm³/mol. The number of Topliss-reactive ketones (excluding diaryl/α,β-unsaturated/α-hetero) is 1. The van der Waals surface area contributed by atoms with Crippen molar-refractivity contribution in [3.8, 4) is 0 Å². The molecule has 2 aliphatic heterocycles. The number of H-pyrrole nitrogens is 3. The Morgan fingerprint density at radius 3 is 2.35 bits per heavy atom. The zero-order chi connectivity index (χ0) is 35.3. The second-order valence-corrected chi connectivity index (χ2v) is 14.0. The van der Waals surface area contributed by atoms with Crippen molar-refractivity contribution in [2.75, 3.05) is 13.7 Å². The van der Waals surface area contributed by atoms with E-state index in [1.807, 2.05) is 32.9 Å². The van der Waals surface area contributed by atoms with Gasteiger partial charge in [0.05, 0.1) is 7.11 Å². The normalized spacial score (nSPS) is 24.5. The van der Waals surface area contributed by atoms with Crippen molar-refractivity contribution in [2.24, 2.45) is 17.8 Å². The number of nitrogens with one attached hydrogen (secondary N) is 4. The van der Waals surface area contributed by atoms with Crippen LogP contribution in [-0.4, -0.2) is 52.4 Å². The highest BCUT2D eigenvalue weighted by atomic mass is 16.5. The molecule has 8 bridgehead atoms. The summed E-state index contributed by atoms with van der Waals surface area (Å²) in [5.41, 5.74) is 11.3. The number of aromatic amines is 3. The minimum absolute atomic E-state index is 0.0204. The molecule has 3 aromatic rings. The Labute approximate surface area is 287 Å². The number of ether oxygens (including phenoxy) is 2. The minimum Gasteiger partial charge on any atom is -0.468 e. The van der Waals surface area contributed by atoms with Crippen LogP contribution in [0.3, 0.4) is 0 Å². The highest BCUT2D eigenvalue weighted by Gasteiger charge is 2.55. The Hall–Kier alpha value is -4.79. The molecule has 6 rings (SSSR count). The summed E-state index contributed by atoms with van der Waals surface area (Å²) in [6, 6.07) is -0.342. The first kappa shape index (κ1) is 34.1. The fourth-order valence-electron chi connectivity index (χ4n) is 8.21. The highest BCUT2D eigenvalue weighted by molar-refractivity contribution is 6.14. The van der Waals surface area contributed by atoms with E-state index in [4.69, 9.17) is 9.47 Å². The van der Waals surface area contributed by atoms with Crippen LogP contribution in [0.2, 0.25) is 0 Å². The standard InChI is InChI=1S/C40H48N4O5/c1-10-24-20(5)27-16-29-22(7)26(12-13-33(45)49-15-14-19(3)4)37(43-29)35-36(40(47)48-9)39(46)34-23(8)30(44-38(34)35)18-32-25(11-2)21(6)28(42-32)17-31(24)41-27/h10,14,16-18,22,26,35-37,41-44H,1,11-13,15H2,2-9H3/b28-17-,29-16+,32-18-/t22-,26-,35-,36+,37-/m0/s1. The predicted octanol–water partition coefficient (Wildman–Crippen LogP) is 5.40. The summed E-state index contributed by atoms with van der Waals surface area (Å²) in [6.07, 6.45) is 11.7. The molecule has 49 heavy (non-hydrogen) atoms. The molecule has 3 aromatic heterocycles. The lowest BCUT2D eigenvalue weighted by molar-refractivity contribution is -0.145. The lowest BCUT2D eigenvalue weighted by atomic mass is 9.76. The Morgan fingerprint density at radius 1 is 0.959 bits per heavy atom.